The highest BCUT2D eigenvalue weighted by Gasteiger charge is 2.90. The smallest absolute Gasteiger partial charge is 0.294 e. The molecule has 0 radical (unpaired) electrons. The third kappa shape index (κ3) is 3.03. The van der Waals surface area contributed by atoms with E-state index in [-0.39, 0.29) is 16.8 Å². The molecular weight excluding hydrogens is 421 g/mol. The summed E-state index contributed by atoms with van der Waals surface area (Å²) < 4.78 is 168. The van der Waals surface area contributed by atoms with Crippen LogP contribution in [-0.2, 0) is 5.92 Å². The van der Waals surface area contributed by atoms with Gasteiger partial charge in [-0.15, -0.1) is 0 Å². The molecule has 0 unspecified atom stereocenters. The highest BCUT2D eigenvalue weighted by atomic mass is 19.4. The van der Waals surface area contributed by atoms with E-state index in [4.69, 9.17) is 0 Å². The molecule has 0 aliphatic heterocycles. The van der Waals surface area contributed by atoms with Gasteiger partial charge in [-0.25, -0.2) is 0 Å². The maximum atomic E-state index is 13.7. The molecule has 0 aliphatic carbocycles. The Hall–Kier alpha value is -1.96. The summed E-state index contributed by atoms with van der Waals surface area (Å²) in [6.45, 7) is 0.687. The van der Waals surface area contributed by atoms with Crippen LogP contribution in [-0.4, -0.2) is 40.3 Å². The minimum atomic E-state index is -7.95. The van der Waals surface area contributed by atoms with Crippen LogP contribution in [0.3, 0.4) is 0 Å². The van der Waals surface area contributed by atoms with Crippen LogP contribution in [0.2, 0.25) is 0 Å². The highest BCUT2D eigenvalue weighted by molar-refractivity contribution is 5.76. The lowest BCUT2D eigenvalue weighted by atomic mass is 9.91. The highest BCUT2D eigenvalue weighted by Crippen LogP contribution is 2.62. The molecule has 0 saturated carbocycles. The summed E-state index contributed by atoms with van der Waals surface area (Å²) in [5.74, 6) is -38.5. The number of carbonyl (C=O) groups is 1. The van der Waals surface area contributed by atoms with E-state index in [1.807, 2.05) is 0 Å². The minimum absolute atomic E-state index is 0.106. The van der Waals surface area contributed by atoms with Gasteiger partial charge < -0.3 is 0 Å². The molecule has 0 amide bonds. The number of hydrogen-bond acceptors (Lipinski definition) is 1. The SMILES string of the molecule is CC(=O)n1ccc(C(F)(F)C(F)(F)C(F)(F)C(F)(F)C(F)(F)C(F)(F)F)c1. The fourth-order valence-corrected chi connectivity index (χ4v) is 1.73. The molecule has 156 valence electrons. The second-order valence-electron chi connectivity index (χ2n) is 5.20. The second kappa shape index (κ2) is 6.02. The first-order valence-corrected chi connectivity index (χ1v) is 6.31. The van der Waals surface area contributed by atoms with Gasteiger partial charge in [0.15, 0.2) is 0 Å². The molecule has 2 nitrogen and oxygen atoms in total. The number of carbonyl (C=O) groups excluding carboxylic acids is 1. The molecule has 1 aromatic heterocycles. The van der Waals surface area contributed by atoms with Crippen molar-refractivity contribution in [2.75, 3.05) is 0 Å². The number of alkyl halides is 13. The number of rotatable bonds is 5. The van der Waals surface area contributed by atoms with Gasteiger partial charge in [-0.05, 0) is 6.07 Å². The molecule has 0 saturated heterocycles. The lowest BCUT2D eigenvalue weighted by Crippen LogP contribution is -2.69. The summed E-state index contributed by atoms with van der Waals surface area (Å²) in [6, 6.07) is -0.106. The second-order valence-corrected chi connectivity index (χ2v) is 5.20. The van der Waals surface area contributed by atoms with Crippen molar-refractivity contribution in [2.24, 2.45) is 0 Å². The van der Waals surface area contributed by atoms with E-state index in [1.54, 1.807) is 0 Å². The molecule has 0 aliphatic rings. The van der Waals surface area contributed by atoms with Crippen LogP contribution >= 0.6 is 0 Å². The van der Waals surface area contributed by atoms with Crippen LogP contribution in [0, 0.1) is 0 Å². The maximum Gasteiger partial charge on any atom is 0.460 e. The van der Waals surface area contributed by atoms with Crippen LogP contribution < -0.4 is 0 Å². The van der Waals surface area contributed by atoms with E-state index in [2.05, 4.69) is 0 Å². The first-order chi connectivity index (χ1) is 11.7. The standard InChI is InChI=1S/C12H6F13NO/c1-5(27)26-3-2-6(4-26)7(13,14)8(15,16)9(17,18)10(19,20)11(21,22)12(23,24)25/h2-4H,1H3. The molecule has 27 heavy (non-hydrogen) atoms. The van der Waals surface area contributed by atoms with Gasteiger partial charge in [0, 0.05) is 24.9 Å². The molecule has 1 rings (SSSR count). The topological polar surface area (TPSA) is 22.0 Å². The third-order valence-electron chi connectivity index (χ3n) is 3.35. The van der Waals surface area contributed by atoms with Crippen molar-refractivity contribution >= 4 is 5.91 Å². The molecule has 0 fully saturated rings. The molecule has 0 aromatic carbocycles. The van der Waals surface area contributed by atoms with Crippen molar-refractivity contribution in [1.29, 1.82) is 0 Å². The van der Waals surface area contributed by atoms with Gasteiger partial charge >= 0.3 is 35.8 Å². The van der Waals surface area contributed by atoms with Crippen LogP contribution in [0.5, 0.6) is 0 Å². The van der Waals surface area contributed by atoms with Crippen molar-refractivity contribution < 1.29 is 61.9 Å². The molecular formula is C12H6F13NO. The van der Waals surface area contributed by atoms with E-state index in [1.165, 1.54) is 0 Å². The maximum absolute atomic E-state index is 13.7. The molecule has 0 bridgehead atoms. The predicted octanol–water partition coefficient (Wildman–Crippen LogP) is 5.34. The Morgan fingerprint density at radius 2 is 1.15 bits per heavy atom. The number of hydrogen-bond donors (Lipinski definition) is 0. The summed E-state index contributed by atoms with van der Waals surface area (Å²) in [4.78, 5) is 10.9. The van der Waals surface area contributed by atoms with Gasteiger partial charge in [0.2, 0.25) is 5.91 Å². The summed E-state index contributed by atoms with van der Waals surface area (Å²) >= 11 is 0. The average Bonchev–Trinajstić information content (AvgIpc) is 2.95. The molecule has 0 spiro atoms. The molecule has 0 N–H and O–H groups in total. The van der Waals surface area contributed by atoms with Gasteiger partial charge in [-0.1, -0.05) is 0 Å². The summed E-state index contributed by atoms with van der Waals surface area (Å²) in [7, 11) is 0. The third-order valence-corrected chi connectivity index (χ3v) is 3.35. The normalized spacial score (nSPS) is 15.2. The zero-order chi connectivity index (χ0) is 21.9. The van der Waals surface area contributed by atoms with Gasteiger partial charge in [-0.3, -0.25) is 9.36 Å². The van der Waals surface area contributed by atoms with Crippen molar-refractivity contribution in [2.45, 2.75) is 42.7 Å². The Balaban J connectivity index is 3.55. The number of aromatic nitrogens is 1. The number of halogens is 13. The average molecular weight is 427 g/mol. The Kier molecular flexibility index (Phi) is 5.15. The van der Waals surface area contributed by atoms with E-state index >= 15 is 0 Å². The number of nitrogens with zero attached hydrogens (tertiary/aromatic N) is 1. The largest absolute Gasteiger partial charge is 0.460 e. The summed E-state index contributed by atoms with van der Waals surface area (Å²) in [6.07, 6.45) is -7.34. The lowest BCUT2D eigenvalue weighted by molar-refractivity contribution is -0.441. The fourth-order valence-electron chi connectivity index (χ4n) is 1.73. The van der Waals surface area contributed by atoms with Gasteiger partial charge in [0.1, 0.15) is 0 Å². The van der Waals surface area contributed by atoms with Gasteiger partial charge in [0.05, 0.1) is 0 Å². The van der Waals surface area contributed by atoms with Crippen molar-refractivity contribution in [3.63, 3.8) is 0 Å². The molecule has 1 aromatic rings. The van der Waals surface area contributed by atoms with Gasteiger partial charge in [-0.2, -0.15) is 57.1 Å². The molecule has 1 heterocycles. The van der Waals surface area contributed by atoms with Crippen molar-refractivity contribution in [1.82, 2.24) is 4.57 Å². The Bertz CT molecular complexity index is 715. The summed E-state index contributed by atoms with van der Waals surface area (Å²) in [5.41, 5.74) is -2.20. The van der Waals surface area contributed by atoms with Gasteiger partial charge in [0.25, 0.3) is 0 Å². The van der Waals surface area contributed by atoms with Crippen LogP contribution in [0.1, 0.15) is 17.3 Å². The van der Waals surface area contributed by atoms with E-state index < -0.39 is 47.3 Å². The first-order valence-electron chi connectivity index (χ1n) is 6.31. The zero-order valence-electron chi connectivity index (χ0n) is 12.5. The summed E-state index contributed by atoms with van der Waals surface area (Å²) in [5, 5.41) is 0. The Morgan fingerprint density at radius 3 is 1.48 bits per heavy atom. The lowest BCUT2D eigenvalue weighted by Gasteiger charge is -2.39. The predicted molar refractivity (Wildman–Crippen MR) is 60.5 cm³/mol. The zero-order valence-corrected chi connectivity index (χ0v) is 12.5. The van der Waals surface area contributed by atoms with Crippen molar-refractivity contribution in [3.05, 3.63) is 24.0 Å². The quantitative estimate of drug-likeness (QED) is 0.582. The van der Waals surface area contributed by atoms with Crippen LogP contribution in [0.25, 0.3) is 0 Å². The minimum Gasteiger partial charge on any atom is -0.294 e. The fraction of sp³-hybridized carbons (Fsp3) is 0.583. The van der Waals surface area contributed by atoms with Crippen molar-refractivity contribution in [3.8, 4) is 0 Å². The molecule has 15 heteroatoms. The van der Waals surface area contributed by atoms with E-state index in [9.17, 15) is 61.9 Å². The Labute approximate surface area is 140 Å². The molecule has 0 atom stereocenters. The first kappa shape index (κ1) is 23.1. The van der Waals surface area contributed by atoms with Crippen LogP contribution in [0.15, 0.2) is 18.5 Å². The van der Waals surface area contributed by atoms with Crippen LogP contribution in [0.4, 0.5) is 57.1 Å². The van der Waals surface area contributed by atoms with E-state index in [0.717, 1.165) is 0 Å². The Morgan fingerprint density at radius 1 is 0.741 bits per heavy atom. The monoisotopic (exact) mass is 427 g/mol. The van der Waals surface area contributed by atoms with E-state index in [0.29, 0.717) is 13.1 Å².